The second-order valence-corrected chi connectivity index (χ2v) is 6.78. The number of hydrogen-bond acceptors (Lipinski definition) is 8. The number of carbonyl (C=O) groups is 1. The van der Waals surface area contributed by atoms with Gasteiger partial charge < -0.3 is 20.7 Å². The number of aliphatic hydroxyl groups excluding tert-OH is 2. The molecule has 142 valence electrons. The van der Waals surface area contributed by atoms with Gasteiger partial charge >= 0.3 is 11.7 Å². The lowest BCUT2D eigenvalue weighted by molar-refractivity contribution is -0.160. The molecule has 1 saturated carbocycles. The van der Waals surface area contributed by atoms with E-state index in [1.807, 2.05) is 11.1 Å². The van der Waals surface area contributed by atoms with Crippen molar-refractivity contribution in [2.24, 2.45) is 17.6 Å². The van der Waals surface area contributed by atoms with E-state index in [4.69, 9.17) is 10.5 Å². The molecule has 1 aliphatic rings. The van der Waals surface area contributed by atoms with Crippen molar-refractivity contribution in [1.29, 1.82) is 5.26 Å². The Balaban J connectivity index is 2.42. The Morgan fingerprint density at radius 3 is 2.73 bits per heavy atom. The molecule has 2 rings (SSSR count). The minimum Gasteiger partial charge on any atom is -0.458 e. The third kappa shape index (κ3) is 3.29. The molecular weight excluding hydrogens is 344 g/mol. The zero-order chi connectivity index (χ0) is 19.6. The number of carbonyl (C=O) groups excluding carboxylic acids is 1. The molecule has 26 heavy (non-hydrogen) atoms. The molecular formula is C16H22N4O6. The lowest BCUT2D eigenvalue weighted by atomic mass is 9.95. The molecule has 0 saturated heterocycles. The molecule has 1 heterocycles. The van der Waals surface area contributed by atoms with E-state index in [1.54, 1.807) is 13.8 Å². The van der Waals surface area contributed by atoms with Gasteiger partial charge in [0.1, 0.15) is 18.2 Å². The number of aliphatic hydroxyl groups is 2. The average molecular weight is 366 g/mol. The number of rotatable bonds is 5. The van der Waals surface area contributed by atoms with E-state index in [0.717, 1.165) is 16.8 Å². The summed E-state index contributed by atoms with van der Waals surface area (Å²) in [5, 5.41) is 30.0. The van der Waals surface area contributed by atoms with Gasteiger partial charge in [0.15, 0.2) is 5.54 Å². The average Bonchev–Trinajstić information content (AvgIpc) is 2.87. The monoisotopic (exact) mass is 366 g/mol. The van der Waals surface area contributed by atoms with Crippen molar-refractivity contribution in [3.05, 3.63) is 33.1 Å². The van der Waals surface area contributed by atoms with E-state index in [1.165, 1.54) is 0 Å². The van der Waals surface area contributed by atoms with Gasteiger partial charge in [0, 0.05) is 24.8 Å². The zero-order valence-electron chi connectivity index (χ0n) is 14.5. The summed E-state index contributed by atoms with van der Waals surface area (Å²) in [5.41, 5.74) is 2.40. The van der Waals surface area contributed by atoms with Gasteiger partial charge in [0.25, 0.3) is 5.56 Å². The van der Waals surface area contributed by atoms with Crippen LogP contribution in [-0.4, -0.2) is 50.6 Å². The number of nitrogens with zero attached hydrogens (tertiary/aromatic N) is 2. The summed E-state index contributed by atoms with van der Waals surface area (Å²) in [4.78, 5) is 37.5. The Hall–Kier alpha value is -2.48. The number of esters is 1. The van der Waals surface area contributed by atoms with Crippen molar-refractivity contribution in [2.45, 2.75) is 44.1 Å². The molecule has 0 bridgehead atoms. The van der Waals surface area contributed by atoms with E-state index >= 15 is 0 Å². The van der Waals surface area contributed by atoms with Gasteiger partial charge in [0.05, 0.1) is 6.07 Å². The van der Waals surface area contributed by atoms with Crippen LogP contribution in [0.25, 0.3) is 0 Å². The minimum absolute atomic E-state index is 0.151. The second kappa shape index (κ2) is 7.41. The highest BCUT2D eigenvalue weighted by molar-refractivity contribution is 5.76. The molecule has 1 aliphatic carbocycles. The maximum Gasteiger partial charge on any atom is 0.329 e. The summed E-state index contributed by atoms with van der Waals surface area (Å²) < 4.78 is 6.17. The van der Waals surface area contributed by atoms with Crippen molar-refractivity contribution in [3.8, 4) is 6.07 Å². The fraction of sp³-hybridized carbons (Fsp3) is 0.625. The molecule has 1 aromatic rings. The normalized spacial score (nSPS) is 29.3. The molecule has 0 aromatic carbocycles. The molecule has 1 fully saturated rings. The third-order valence-corrected chi connectivity index (χ3v) is 4.76. The Morgan fingerprint density at radius 2 is 2.23 bits per heavy atom. The highest BCUT2D eigenvalue weighted by atomic mass is 16.6. The van der Waals surface area contributed by atoms with Crippen molar-refractivity contribution in [3.63, 3.8) is 0 Å². The number of hydrogen-bond donors (Lipinski definition) is 4. The smallest absolute Gasteiger partial charge is 0.329 e. The molecule has 5 atom stereocenters. The Kier molecular flexibility index (Phi) is 5.65. The highest BCUT2D eigenvalue weighted by Crippen LogP contribution is 2.41. The number of H-pyrrole nitrogens is 1. The van der Waals surface area contributed by atoms with Crippen molar-refractivity contribution >= 4 is 5.97 Å². The van der Waals surface area contributed by atoms with E-state index in [9.17, 15) is 29.9 Å². The lowest BCUT2D eigenvalue weighted by Gasteiger charge is -2.29. The fourth-order valence-electron chi connectivity index (χ4n) is 3.12. The summed E-state index contributed by atoms with van der Waals surface area (Å²) in [5.74, 6) is -1.77. The summed E-state index contributed by atoms with van der Waals surface area (Å²) >= 11 is 0. The molecule has 0 radical (unpaired) electrons. The summed E-state index contributed by atoms with van der Waals surface area (Å²) in [6.07, 6.45) is -1.89. The highest BCUT2D eigenvalue weighted by Gasteiger charge is 2.57. The van der Waals surface area contributed by atoms with E-state index < -0.39 is 53.5 Å². The molecule has 1 aromatic heterocycles. The third-order valence-electron chi connectivity index (χ3n) is 4.76. The van der Waals surface area contributed by atoms with Crippen LogP contribution in [0.1, 0.15) is 20.3 Å². The summed E-state index contributed by atoms with van der Waals surface area (Å²) in [6.45, 7) is 2.97. The number of aromatic nitrogens is 2. The number of ether oxygens (including phenoxy) is 1. The fourth-order valence-corrected chi connectivity index (χ4v) is 3.12. The predicted molar refractivity (Wildman–Crippen MR) is 88.8 cm³/mol. The molecule has 5 N–H and O–H groups in total. The number of nitrogens with one attached hydrogen (secondary N) is 1. The van der Waals surface area contributed by atoms with Crippen LogP contribution in [0.4, 0.5) is 0 Å². The number of nitrogens with two attached hydrogens (primary N) is 1. The van der Waals surface area contributed by atoms with Gasteiger partial charge in [-0.25, -0.2) is 4.79 Å². The van der Waals surface area contributed by atoms with Crippen LogP contribution >= 0.6 is 0 Å². The zero-order valence-corrected chi connectivity index (χ0v) is 14.5. The van der Waals surface area contributed by atoms with Gasteiger partial charge in [-0.05, 0) is 12.3 Å². The Morgan fingerprint density at radius 1 is 1.58 bits per heavy atom. The van der Waals surface area contributed by atoms with E-state index in [-0.39, 0.29) is 12.3 Å². The van der Waals surface area contributed by atoms with Crippen LogP contribution in [0, 0.1) is 23.2 Å². The van der Waals surface area contributed by atoms with Crippen molar-refractivity contribution in [1.82, 2.24) is 9.55 Å². The SMILES string of the molecule is CC(C)[C@@H](N)C(=O)OC1C(O)[C@](C#N)(n2ccc(=O)[nH]c2=O)C[C@@H]1CO. The first-order valence-corrected chi connectivity index (χ1v) is 8.16. The quantitative estimate of drug-likeness (QED) is 0.434. The minimum atomic E-state index is -1.80. The maximum atomic E-state index is 12.2. The summed E-state index contributed by atoms with van der Waals surface area (Å²) in [6, 6.07) is 1.98. The van der Waals surface area contributed by atoms with Crippen molar-refractivity contribution < 1.29 is 19.7 Å². The van der Waals surface area contributed by atoms with Crippen LogP contribution in [0.2, 0.25) is 0 Å². The van der Waals surface area contributed by atoms with Gasteiger partial charge in [-0.3, -0.25) is 19.1 Å². The molecule has 2 unspecified atom stereocenters. The predicted octanol–water partition coefficient (Wildman–Crippen LogP) is -1.98. The van der Waals surface area contributed by atoms with Crippen LogP contribution in [0.3, 0.4) is 0 Å². The van der Waals surface area contributed by atoms with Crippen LogP contribution in [0.15, 0.2) is 21.9 Å². The molecule has 0 amide bonds. The first-order valence-electron chi connectivity index (χ1n) is 8.16. The first-order chi connectivity index (χ1) is 12.2. The van der Waals surface area contributed by atoms with Crippen LogP contribution in [0.5, 0.6) is 0 Å². The van der Waals surface area contributed by atoms with E-state index in [2.05, 4.69) is 0 Å². The molecule has 0 aliphatic heterocycles. The molecule has 10 nitrogen and oxygen atoms in total. The standard InChI is InChI=1S/C16H22N4O6/c1-8(2)11(18)14(24)26-12-9(6-21)5-16(7-17,13(12)23)20-4-3-10(22)19-15(20)25/h3-4,8-9,11-13,21,23H,5-6,18H2,1-2H3,(H,19,22,25)/t9-,11-,12?,13?,16+/m1/s1. The first kappa shape index (κ1) is 19.8. The van der Waals surface area contributed by atoms with Crippen LogP contribution in [-0.2, 0) is 15.1 Å². The number of aromatic amines is 1. The second-order valence-electron chi connectivity index (χ2n) is 6.78. The van der Waals surface area contributed by atoms with Crippen LogP contribution < -0.4 is 17.0 Å². The van der Waals surface area contributed by atoms with Gasteiger partial charge in [0.2, 0.25) is 0 Å². The van der Waals surface area contributed by atoms with Gasteiger partial charge in [-0.1, -0.05) is 13.8 Å². The van der Waals surface area contributed by atoms with Crippen molar-refractivity contribution in [2.75, 3.05) is 6.61 Å². The topological polar surface area (TPSA) is 171 Å². The molecule has 0 spiro atoms. The number of nitriles is 1. The largest absolute Gasteiger partial charge is 0.458 e. The summed E-state index contributed by atoms with van der Waals surface area (Å²) in [7, 11) is 0. The lowest BCUT2D eigenvalue weighted by Crippen LogP contribution is -2.51. The Bertz CT molecular complexity index is 825. The van der Waals surface area contributed by atoms with E-state index in [0.29, 0.717) is 0 Å². The van der Waals surface area contributed by atoms with Gasteiger partial charge in [-0.2, -0.15) is 5.26 Å². The maximum absolute atomic E-state index is 12.2. The van der Waals surface area contributed by atoms with Gasteiger partial charge in [-0.15, -0.1) is 0 Å². The molecule has 10 heteroatoms. The Labute approximate surface area is 148 Å².